The van der Waals surface area contributed by atoms with E-state index in [1.54, 1.807) is 18.4 Å². The van der Waals surface area contributed by atoms with Gasteiger partial charge >= 0.3 is 0 Å². The first kappa shape index (κ1) is 13.0. The minimum absolute atomic E-state index is 0.00315. The molecule has 0 bridgehead atoms. The first-order valence-corrected chi connectivity index (χ1v) is 7.55. The molecule has 1 N–H and O–H groups in total. The fourth-order valence-corrected chi connectivity index (χ4v) is 3.83. The highest BCUT2D eigenvalue weighted by Crippen LogP contribution is 2.37. The smallest absolute Gasteiger partial charge is 0.263 e. The van der Waals surface area contributed by atoms with Gasteiger partial charge in [0.1, 0.15) is 4.83 Å². The minimum Gasteiger partial charge on any atom is -0.369 e. The second-order valence-electron chi connectivity index (χ2n) is 5.27. The summed E-state index contributed by atoms with van der Waals surface area (Å²) in [5, 5.41) is 0.791. The first-order chi connectivity index (χ1) is 8.95. The van der Waals surface area contributed by atoms with Crippen LogP contribution in [0.4, 0.5) is 0 Å². The molecule has 2 aromatic heterocycles. The minimum atomic E-state index is -0.168. The Balaban J connectivity index is 2.32. The second-order valence-corrected chi connectivity index (χ2v) is 6.76. The van der Waals surface area contributed by atoms with Crippen molar-refractivity contribution >= 4 is 33.8 Å². The van der Waals surface area contributed by atoms with Crippen molar-refractivity contribution < 1.29 is 4.74 Å². The van der Waals surface area contributed by atoms with Crippen LogP contribution in [0, 0.1) is 4.77 Å². The molecule has 2 aromatic rings. The Bertz CT molecular complexity index is 771. The summed E-state index contributed by atoms with van der Waals surface area (Å²) in [6, 6.07) is 0. The number of rotatable bonds is 1. The zero-order valence-corrected chi connectivity index (χ0v) is 12.8. The highest BCUT2D eigenvalue weighted by molar-refractivity contribution is 7.71. The molecular formula is C13H16N2O2S2. The predicted molar refractivity (Wildman–Crippen MR) is 79.4 cm³/mol. The molecular weight excluding hydrogens is 280 g/mol. The molecule has 19 heavy (non-hydrogen) atoms. The number of H-pyrrole nitrogens is 1. The van der Waals surface area contributed by atoms with Gasteiger partial charge in [0.15, 0.2) is 4.77 Å². The van der Waals surface area contributed by atoms with Gasteiger partial charge in [-0.05, 0) is 31.1 Å². The van der Waals surface area contributed by atoms with Crippen molar-refractivity contribution in [2.75, 3.05) is 0 Å². The van der Waals surface area contributed by atoms with Crippen molar-refractivity contribution in [2.24, 2.45) is 7.05 Å². The molecule has 0 unspecified atom stereocenters. The number of nitrogens with zero attached hydrogens (tertiary/aromatic N) is 1. The third kappa shape index (κ3) is 1.89. The van der Waals surface area contributed by atoms with Gasteiger partial charge in [0.05, 0.1) is 17.6 Å². The molecule has 1 atom stereocenters. The van der Waals surface area contributed by atoms with Gasteiger partial charge in [-0.15, -0.1) is 11.3 Å². The van der Waals surface area contributed by atoms with Crippen LogP contribution >= 0.6 is 23.6 Å². The van der Waals surface area contributed by atoms with Gasteiger partial charge in [0.2, 0.25) is 0 Å². The van der Waals surface area contributed by atoms with Crippen LogP contribution in [0.15, 0.2) is 4.79 Å². The average molecular weight is 296 g/mol. The lowest BCUT2D eigenvalue weighted by Crippen LogP contribution is -2.34. The summed E-state index contributed by atoms with van der Waals surface area (Å²) in [5.74, 6) is 0. The van der Waals surface area contributed by atoms with Crippen molar-refractivity contribution in [1.82, 2.24) is 9.55 Å². The second kappa shape index (κ2) is 4.26. The van der Waals surface area contributed by atoms with Crippen molar-refractivity contribution in [1.29, 1.82) is 0 Å². The first-order valence-electron chi connectivity index (χ1n) is 6.33. The lowest BCUT2D eigenvalue weighted by molar-refractivity contribution is -0.0543. The Morgan fingerprint density at radius 2 is 2.32 bits per heavy atom. The fraction of sp³-hybridized carbons (Fsp3) is 0.538. The molecule has 0 radical (unpaired) electrons. The molecule has 0 aromatic carbocycles. The Hall–Kier alpha value is -0.980. The van der Waals surface area contributed by atoms with E-state index in [1.807, 2.05) is 0 Å². The lowest BCUT2D eigenvalue weighted by atomic mass is 9.90. The maximum atomic E-state index is 12.4. The molecule has 3 rings (SSSR count). The number of hydrogen-bond donors (Lipinski definition) is 1. The lowest BCUT2D eigenvalue weighted by Gasteiger charge is -2.32. The standard InChI is InChI=1S/C13H16N2O2S2/c1-4-13(2)5-7-8(6-17-13)19-10-9(7)11(16)15(3)12(18)14-10/h4-6H2,1-3H3,(H,14,18)/t13-/m0/s1. The van der Waals surface area contributed by atoms with Crippen LogP contribution in [-0.4, -0.2) is 15.2 Å². The van der Waals surface area contributed by atoms with E-state index in [4.69, 9.17) is 17.0 Å². The summed E-state index contributed by atoms with van der Waals surface area (Å²) in [5.41, 5.74) is 0.970. The zero-order chi connectivity index (χ0) is 13.8. The number of ether oxygens (including phenoxy) is 1. The summed E-state index contributed by atoms with van der Waals surface area (Å²) in [6.45, 7) is 4.81. The molecule has 1 aliphatic heterocycles. The summed E-state index contributed by atoms with van der Waals surface area (Å²) in [6.07, 6.45) is 1.73. The summed E-state index contributed by atoms with van der Waals surface area (Å²) in [4.78, 5) is 17.6. The van der Waals surface area contributed by atoms with E-state index in [9.17, 15) is 4.79 Å². The van der Waals surface area contributed by atoms with Gasteiger partial charge in [0.25, 0.3) is 5.56 Å². The number of hydrogen-bond acceptors (Lipinski definition) is 4. The van der Waals surface area contributed by atoms with Crippen LogP contribution in [0.2, 0.25) is 0 Å². The molecule has 1 aliphatic rings. The van der Waals surface area contributed by atoms with Crippen LogP contribution in [0.5, 0.6) is 0 Å². The van der Waals surface area contributed by atoms with E-state index in [2.05, 4.69) is 18.8 Å². The SMILES string of the molecule is CC[C@@]1(C)Cc2c(sc3[nH]c(=S)n(C)c(=O)c23)CO1. The van der Waals surface area contributed by atoms with Crippen molar-refractivity contribution in [3.05, 3.63) is 25.6 Å². The Morgan fingerprint density at radius 1 is 1.58 bits per heavy atom. The molecule has 6 heteroatoms. The molecule has 0 aliphatic carbocycles. The van der Waals surface area contributed by atoms with Gasteiger partial charge in [-0.2, -0.15) is 0 Å². The maximum Gasteiger partial charge on any atom is 0.263 e. The topological polar surface area (TPSA) is 47.0 Å². The monoisotopic (exact) mass is 296 g/mol. The third-order valence-corrected chi connectivity index (χ3v) is 5.48. The van der Waals surface area contributed by atoms with Crippen LogP contribution in [0.1, 0.15) is 30.7 Å². The van der Waals surface area contributed by atoms with Gasteiger partial charge in [-0.3, -0.25) is 9.36 Å². The normalized spacial score (nSPS) is 22.7. The summed E-state index contributed by atoms with van der Waals surface area (Å²) in [7, 11) is 1.71. The number of fused-ring (bicyclic) bond motifs is 3. The average Bonchev–Trinajstić information content (AvgIpc) is 2.73. The highest BCUT2D eigenvalue weighted by atomic mass is 32.1. The zero-order valence-electron chi connectivity index (χ0n) is 11.2. The number of thiophene rings is 1. The van der Waals surface area contributed by atoms with Gasteiger partial charge in [-0.25, -0.2) is 0 Å². The number of aromatic nitrogens is 2. The van der Waals surface area contributed by atoms with Crippen LogP contribution in [-0.2, 0) is 24.8 Å². The number of nitrogens with one attached hydrogen (secondary N) is 1. The van der Waals surface area contributed by atoms with Crippen molar-refractivity contribution in [2.45, 2.75) is 38.9 Å². The fourth-order valence-electron chi connectivity index (χ4n) is 2.46. The predicted octanol–water partition coefficient (Wildman–Crippen LogP) is 2.90. The van der Waals surface area contributed by atoms with E-state index in [0.29, 0.717) is 11.4 Å². The Kier molecular flexibility index (Phi) is 2.92. The third-order valence-electron chi connectivity index (χ3n) is 3.98. The summed E-state index contributed by atoms with van der Waals surface area (Å²) >= 11 is 6.75. The van der Waals surface area contributed by atoms with Crippen LogP contribution in [0.25, 0.3) is 10.2 Å². The largest absolute Gasteiger partial charge is 0.369 e. The highest BCUT2D eigenvalue weighted by Gasteiger charge is 2.32. The molecule has 0 amide bonds. The van der Waals surface area contributed by atoms with E-state index >= 15 is 0 Å². The van der Waals surface area contributed by atoms with Crippen molar-refractivity contribution in [3.63, 3.8) is 0 Å². The van der Waals surface area contributed by atoms with E-state index in [1.165, 1.54) is 4.57 Å². The Labute approximate surface area is 120 Å². The van der Waals surface area contributed by atoms with Crippen LogP contribution in [0.3, 0.4) is 0 Å². The van der Waals surface area contributed by atoms with E-state index in [0.717, 1.165) is 33.5 Å². The quantitative estimate of drug-likeness (QED) is 0.823. The summed E-state index contributed by atoms with van der Waals surface area (Å²) < 4.78 is 7.90. The van der Waals surface area contributed by atoms with Gasteiger partial charge in [0, 0.05) is 18.3 Å². The maximum absolute atomic E-state index is 12.4. The molecule has 0 fully saturated rings. The molecule has 102 valence electrons. The van der Waals surface area contributed by atoms with E-state index in [-0.39, 0.29) is 11.2 Å². The molecule has 3 heterocycles. The Morgan fingerprint density at radius 3 is 3.00 bits per heavy atom. The number of aromatic amines is 1. The van der Waals surface area contributed by atoms with Crippen molar-refractivity contribution in [3.8, 4) is 0 Å². The molecule has 0 saturated heterocycles. The molecule has 0 saturated carbocycles. The van der Waals surface area contributed by atoms with E-state index < -0.39 is 0 Å². The van der Waals surface area contributed by atoms with Gasteiger partial charge < -0.3 is 9.72 Å². The molecule has 4 nitrogen and oxygen atoms in total. The van der Waals surface area contributed by atoms with Crippen LogP contribution < -0.4 is 5.56 Å². The van der Waals surface area contributed by atoms with Gasteiger partial charge in [-0.1, -0.05) is 6.92 Å². The molecule has 0 spiro atoms.